The minimum Gasteiger partial charge on any atom is -0.490 e. The Hall–Kier alpha value is -2.43. The summed E-state index contributed by atoms with van der Waals surface area (Å²) in [5.74, 6) is 0.584. The molecule has 0 spiro atoms. The largest absolute Gasteiger partial charge is 0.490 e. The van der Waals surface area contributed by atoms with Crippen LogP contribution in [0.1, 0.15) is 19.3 Å². The van der Waals surface area contributed by atoms with E-state index in [0.29, 0.717) is 18.1 Å². The first kappa shape index (κ1) is 19.9. The van der Waals surface area contributed by atoms with Gasteiger partial charge in [0.15, 0.2) is 0 Å². The van der Waals surface area contributed by atoms with Gasteiger partial charge in [0.25, 0.3) is 0 Å². The van der Waals surface area contributed by atoms with E-state index in [2.05, 4.69) is 4.98 Å². The Morgan fingerprint density at radius 2 is 2.14 bits per heavy atom. The highest BCUT2D eigenvalue weighted by molar-refractivity contribution is 6.35. The fraction of sp³-hybridized carbons (Fsp3) is 0.476. The fourth-order valence-electron chi connectivity index (χ4n) is 4.04. The third kappa shape index (κ3) is 4.29. The van der Waals surface area contributed by atoms with Crippen molar-refractivity contribution in [1.29, 1.82) is 5.26 Å². The van der Waals surface area contributed by atoms with Crippen LogP contribution in [0.25, 0.3) is 10.9 Å². The Kier molecular flexibility index (Phi) is 5.84. The molecule has 6 nitrogen and oxygen atoms in total. The summed E-state index contributed by atoms with van der Waals surface area (Å²) in [6, 6.07) is 8.83. The van der Waals surface area contributed by atoms with Gasteiger partial charge in [-0.25, -0.2) is 4.39 Å². The van der Waals surface area contributed by atoms with Gasteiger partial charge in [-0.1, -0.05) is 11.6 Å². The van der Waals surface area contributed by atoms with Crippen molar-refractivity contribution >= 4 is 28.4 Å². The second-order valence-electron chi connectivity index (χ2n) is 7.56. The second-order valence-corrected chi connectivity index (χ2v) is 7.97. The number of aromatic nitrogens is 1. The van der Waals surface area contributed by atoms with Gasteiger partial charge in [-0.2, -0.15) is 5.26 Å². The quantitative estimate of drug-likeness (QED) is 0.765. The summed E-state index contributed by atoms with van der Waals surface area (Å²) in [6.45, 7) is 1.66. The van der Waals surface area contributed by atoms with Crippen molar-refractivity contribution < 1.29 is 13.9 Å². The summed E-state index contributed by atoms with van der Waals surface area (Å²) in [7, 11) is 0. The molecule has 1 aromatic carbocycles. The van der Waals surface area contributed by atoms with Gasteiger partial charge in [-0.3, -0.25) is 14.7 Å². The van der Waals surface area contributed by atoms with Gasteiger partial charge in [-0.15, -0.1) is 0 Å². The molecule has 2 aliphatic rings. The number of alkyl halides is 1. The van der Waals surface area contributed by atoms with E-state index in [0.717, 1.165) is 29.5 Å². The smallest absolute Gasteiger partial charge is 0.237 e. The van der Waals surface area contributed by atoms with Crippen molar-refractivity contribution in [3.05, 3.63) is 35.5 Å². The number of hydrogen-bond donors (Lipinski definition) is 0. The van der Waals surface area contributed by atoms with Crippen molar-refractivity contribution in [1.82, 2.24) is 14.8 Å². The van der Waals surface area contributed by atoms with Gasteiger partial charge < -0.3 is 9.64 Å². The summed E-state index contributed by atoms with van der Waals surface area (Å²) in [5, 5.41) is 10.6. The van der Waals surface area contributed by atoms with Crippen molar-refractivity contribution in [3.63, 3.8) is 0 Å². The molecule has 0 radical (unpaired) electrons. The van der Waals surface area contributed by atoms with Crippen LogP contribution >= 0.6 is 11.6 Å². The maximum atomic E-state index is 13.6. The van der Waals surface area contributed by atoms with Crippen molar-refractivity contribution in [2.24, 2.45) is 0 Å². The zero-order chi connectivity index (χ0) is 20.4. The molecule has 2 aromatic rings. The first-order chi connectivity index (χ1) is 14.0. The Bertz CT molecular complexity index is 942. The summed E-state index contributed by atoms with van der Waals surface area (Å²) >= 11 is 6.22. The lowest BCUT2D eigenvalue weighted by molar-refractivity contribution is -0.133. The number of likely N-dealkylation sites (tertiary alicyclic amines) is 2. The van der Waals surface area contributed by atoms with Crippen LogP contribution in [0.4, 0.5) is 4.39 Å². The van der Waals surface area contributed by atoms with E-state index in [-0.39, 0.29) is 31.5 Å². The molecule has 2 saturated heterocycles. The first-order valence-electron chi connectivity index (χ1n) is 9.80. The number of ether oxygens (including phenoxy) is 1. The normalized spacial score (nSPS) is 23.3. The lowest BCUT2D eigenvalue weighted by Gasteiger charge is -2.33. The molecule has 0 aliphatic carbocycles. The summed E-state index contributed by atoms with van der Waals surface area (Å²) < 4.78 is 19.8. The van der Waals surface area contributed by atoms with E-state index in [9.17, 15) is 9.18 Å². The van der Waals surface area contributed by atoms with Gasteiger partial charge in [0.2, 0.25) is 5.91 Å². The Morgan fingerprint density at radius 3 is 2.90 bits per heavy atom. The van der Waals surface area contributed by atoms with Crippen LogP contribution in [-0.2, 0) is 4.79 Å². The molecule has 3 heterocycles. The lowest BCUT2D eigenvalue weighted by Crippen LogP contribution is -2.46. The molecule has 2 atom stereocenters. The minimum atomic E-state index is -1.11. The van der Waals surface area contributed by atoms with Crippen LogP contribution in [0.5, 0.6) is 5.75 Å². The zero-order valence-electron chi connectivity index (χ0n) is 15.9. The van der Waals surface area contributed by atoms with Gasteiger partial charge in [0.05, 0.1) is 29.7 Å². The fourth-order valence-corrected chi connectivity index (χ4v) is 4.26. The van der Waals surface area contributed by atoms with Crippen LogP contribution in [0.15, 0.2) is 30.5 Å². The molecule has 4 rings (SSSR count). The van der Waals surface area contributed by atoms with Crippen LogP contribution < -0.4 is 4.74 Å². The van der Waals surface area contributed by atoms with Crippen LogP contribution in [0.2, 0.25) is 5.02 Å². The molecular formula is C21H22ClFN4O2. The molecule has 0 unspecified atom stereocenters. The summed E-state index contributed by atoms with van der Waals surface area (Å²) in [5.41, 5.74) is 0.721. The number of piperidine rings is 1. The number of carbonyl (C=O) groups is 1. The molecule has 8 heteroatoms. The molecule has 0 bridgehead atoms. The predicted octanol–water partition coefficient (Wildman–Crippen LogP) is 3.19. The van der Waals surface area contributed by atoms with E-state index in [1.54, 1.807) is 12.3 Å². The molecule has 152 valence electrons. The third-order valence-corrected chi connectivity index (χ3v) is 5.89. The summed E-state index contributed by atoms with van der Waals surface area (Å²) in [4.78, 5) is 20.2. The standard InChI is InChI=1S/C21H22ClFN4O2/c22-18-3-4-19(17-2-1-7-25-21(17)18)29-16-5-8-26(9-6-16)13-20(28)27-12-14(23)10-15(27)11-24/h1-4,7,14-16H,5-6,8-10,12-13H2/t14-,15-/m0/s1. The number of hydrogen-bond acceptors (Lipinski definition) is 5. The molecule has 1 amide bonds. The summed E-state index contributed by atoms with van der Waals surface area (Å²) in [6.07, 6.45) is 2.32. The molecule has 29 heavy (non-hydrogen) atoms. The highest BCUT2D eigenvalue weighted by atomic mass is 35.5. The molecular weight excluding hydrogens is 395 g/mol. The minimum absolute atomic E-state index is 0.0221. The van der Waals surface area contributed by atoms with Crippen LogP contribution in [-0.4, -0.2) is 65.2 Å². The predicted molar refractivity (Wildman–Crippen MR) is 107 cm³/mol. The SMILES string of the molecule is N#C[C@@H]1C[C@H](F)CN1C(=O)CN1CCC(Oc2ccc(Cl)c3ncccc23)CC1. The van der Waals surface area contributed by atoms with Crippen LogP contribution in [0, 0.1) is 11.3 Å². The lowest BCUT2D eigenvalue weighted by atomic mass is 10.1. The number of nitrogens with zero attached hydrogens (tertiary/aromatic N) is 4. The Morgan fingerprint density at radius 1 is 1.34 bits per heavy atom. The maximum Gasteiger partial charge on any atom is 0.237 e. The second kappa shape index (κ2) is 8.52. The van der Waals surface area contributed by atoms with Crippen LogP contribution in [0.3, 0.4) is 0 Å². The van der Waals surface area contributed by atoms with Gasteiger partial charge in [0, 0.05) is 31.1 Å². The Labute approximate surface area is 173 Å². The number of benzene rings is 1. The van der Waals surface area contributed by atoms with E-state index in [1.165, 1.54) is 4.90 Å². The number of halogens is 2. The van der Waals surface area contributed by atoms with Crippen molar-refractivity contribution in [2.75, 3.05) is 26.2 Å². The number of amides is 1. The number of nitriles is 1. The number of pyridine rings is 1. The third-order valence-electron chi connectivity index (χ3n) is 5.59. The molecule has 2 fully saturated rings. The highest BCUT2D eigenvalue weighted by Crippen LogP contribution is 2.31. The Balaban J connectivity index is 1.33. The first-order valence-corrected chi connectivity index (χ1v) is 10.2. The maximum absolute atomic E-state index is 13.6. The van der Waals surface area contributed by atoms with Crippen molar-refractivity contribution in [2.45, 2.75) is 37.6 Å². The average molecular weight is 417 g/mol. The van der Waals surface area contributed by atoms with Crippen molar-refractivity contribution in [3.8, 4) is 11.8 Å². The molecule has 0 N–H and O–H groups in total. The van der Waals surface area contributed by atoms with Gasteiger partial charge in [-0.05, 0) is 37.1 Å². The number of rotatable bonds is 4. The average Bonchev–Trinajstić information content (AvgIpc) is 3.13. The molecule has 0 saturated carbocycles. The van der Waals surface area contributed by atoms with E-state index in [4.69, 9.17) is 21.6 Å². The molecule has 2 aliphatic heterocycles. The van der Waals surface area contributed by atoms with E-state index >= 15 is 0 Å². The topological polar surface area (TPSA) is 69.5 Å². The number of fused-ring (bicyclic) bond motifs is 1. The monoisotopic (exact) mass is 416 g/mol. The van der Waals surface area contributed by atoms with E-state index in [1.807, 2.05) is 29.2 Å². The highest BCUT2D eigenvalue weighted by Gasteiger charge is 2.36. The zero-order valence-corrected chi connectivity index (χ0v) is 16.7. The van der Waals surface area contributed by atoms with Gasteiger partial charge >= 0.3 is 0 Å². The van der Waals surface area contributed by atoms with E-state index < -0.39 is 12.2 Å². The number of carbonyl (C=O) groups excluding carboxylic acids is 1. The van der Waals surface area contributed by atoms with Gasteiger partial charge in [0.1, 0.15) is 24.1 Å². The molecule has 1 aromatic heterocycles.